The normalized spacial score (nSPS) is 10.7. The molecule has 0 unspecified atom stereocenters. The van der Waals surface area contributed by atoms with Crippen LogP contribution in [0.4, 0.5) is 5.69 Å². The lowest BCUT2D eigenvalue weighted by Crippen LogP contribution is -1.91. The van der Waals surface area contributed by atoms with Crippen molar-refractivity contribution >= 4 is 17.8 Å². The van der Waals surface area contributed by atoms with Crippen molar-refractivity contribution in [1.82, 2.24) is 0 Å². The predicted molar refractivity (Wildman–Crippen MR) is 73.2 cm³/mol. The number of hydrogen-bond donors (Lipinski definition) is 0. The fraction of sp³-hybridized carbons (Fsp3) is 0.0667. The van der Waals surface area contributed by atoms with Crippen LogP contribution in [0, 0.1) is 17.0 Å². The molecule has 0 spiro atoms. The van der Waals surface area contributed by atoms with Gasteiger partial charge in [-0.2, -0.15) is 0 Å². The van der Waals surface area contributed by atoms with E-state index < -0.39 is 0 Å². The molecule has 2 rings (SSSR count). The van der Waals surface area contributed by atoms with Gasteiger partial charge in [-0.05, 0) is 24.6 Å². The van der Waals surface area contributed by atoms with E-state index in [0.29, 0.717) is 5.56 Å². The van der Waals surface area contributed by atoms with Gasteiger partial charge in [-0.25, -0.2) is 0 Å². The molecule has 90 valence electrons. The zero-order valence-corrected chi connectivity index (χ0v) is 10.0. The second-order valence-electron chi connectivity index (χ2n) is 4.06. The summed E-state index contributed by atoms with van der Waals surface area (Å²) in [6, 6.07) is 14.8. The number of nitro benzene ring substituents is 1. The first-order valence-corrected chi connectivity index (χ1v) is 5.65. The minimum atomic E-state index is -0.357. The second kappa shape index (κ2) is 5.27. The topological polar surface area (TPSA) is 43.1 Å². The summed E-state index contributed by atoms with van der Waals surface area (Å²) in [5.41, 5.74) is 2.79. The van der Waals surface area contributed by atoms with Gasteiger partial charge < -0.3 is 0 Å². The van der Waals surface area contributed by atoms with Crippen molar-refractivity contribution in [2.24, 2.45) is 0 Å². The van der Waals surface area contributed by atoms with Gasteiger partial charge in [-0.15, -0.1) is 0 Å². The largest absolute Gasteiger partial charge is 0.276 e. The molecule has 0 saturated heterocycles. The van der Waals surface area contributed by atoms with Crippen molar-refractivity contribution in [3.05, 3.63) is 75.3 Å². The lowest BCUT2D eigenvalue weighted by molar-refractivity contribution is -0.385. The molecule has 0 N–H and O–H groups in total. The van der Waals surface area contributed by atoms with E-state index in [4.69, 9.17) is 0 Å². The van der Waals surface area contributed by atoms with Gasteiger partial charge in [0.1, 0.15) is 0 Å². The lowest BCUT2D eigenvalue weighted by Gasteiger charge is -1.99. The van der Waals surface area contributed by atoms with E-state index in [1.807, 2.05) is 49.4 Å². The Kier molecular flexibility index (Phi) is 3.53. The van der Waals surface area contributed by atoms with Gasteiger partial charge in [0.15, 0.2) is 0 Å². The van der Waals surface area contributed by atoms with Crippen LogP contribution in [0.3, 0.4) is 0 Å². The Morgan fingerprint density at radius 2 is 1.78 bits per heavy atom. The maximum atomic E-state index is 10.9. The summed E-state index contributed by atoms with van der Waals surface area (Å²) < 4.78 is 0. The quantitative estimate of drug-likeness (QED) is 0.460. The third-order valence-corrected chi connectivity index (χ3v) is 2.63. The average Bonchev–Trinajstić information content (AvgIpc) is 2.37. The van der Waals surface area contributed by atoms with Crippen molar-refractivity contribution in [2.45, 2.75) is 6.92 Å². The molecule has 0 amide bonds. The lowest BCUT2D eigenvalue weighted by atomic mass is 10.1. The van der Waals surface area contributed by atoms with E-state index in [0.717, 1.165) is 11.1 Å². The Morgan fingerprint density at radius 1 is 1.06 bits per heavy atom. The highest BCUT2D eigenvalue weighted by atomic mass is 16.6. The van der Waals surface area contributed by atoms with Gasteiger partial charge in [0.05, 0.1) is 10.5 Å². The van der Waals surface area contributed by atoms with Crippen molar-refractivity contribution in [3.63, 3.8) is 0 Å². The minimum Gasteiger partial charge on any atom is -0.258 e. The molecule has 0 aliphatic rings. The molecule has 0 bridgehead atoms. The molecule has 3 heteroatoms. The fourth-order valence-corrected chi connectivity index (χ4v) is 1.72. The molecular weight excluding hydrogens is 226 g/mol. The Bertz CT molecular complexity index is 589. The second-order valence-corrected chi connectivity index (χ2v) is 4.06. The smallest absolute Gasteiger partial charge is 0.258 e. The first-order valence-electron chi connectivity index (χ1n) is 5.65. The van der Waals surface area contributed by atoms with E-state index in [2.05, 4.69) is 0 Å². The van der Waals surface area contributed by atoms with Crippen molar-refractivity contribution in [2.75, 3.05) is 0 Å². The molecule has 18 heavy (non-hydrogen) atoms. The summed E-state index contributed by atoms with van der Waals surface area (Å²) in [5, 5.41) is 10.9. The third-order valence-electron chi connectivity index (χ3n) is 2.63. The van der Waals surface area contributed by atoms with Gasteiger partial charge in [0, 0.05) is 6.07 Å². The number of rotatable bonds is 3. The number of nitro groups is 1. The van der Waals surface area contributed by atoms with E-state index >= 15 is 0 Å². The highest BCUT2D eigenvalue weighted by Crippen LogP contribution is 2.22. The molecule has 0 aliphatic heterocycles. The predicted octanol–water partition coefficient (Wildman–Crippen LogP) is 4.07. The number of benzene rings is 2. The highest BCUT2D eigenvalue weighted by Gasteiger charge is 2.10. The van der Waals surface area contributed by atoms with Gasteiger partial charge in [0.2, 0.25) is 0 Å². The first kappa shape index (κ1) is 12.0. The number of hydrogen-bond acceptors (Lipinski definition) is 2. The Morgan fingerprint density at radius 3 is 2.44 bits per heavy atom. The monoisotopic (exact) mass is 239 g/mol. The number of aryl methyl sites for hydroxylation is 1. The third kappa shape index (κ3) is 2.83. The van der Waals surface area contributed by atoms with Gasteiger partial charge in [0.25, 0.3) is 5.69 Å². The van der Waals surface area contributed by atoms with Crippen LogP contribution < -0.4 is 0 Å². The molecule has 0 radical (unpaired) electrons. The van der Waals surface area contributed by atoms with Gasteiger partial charge in [-0.3, -0.25) is 10.1 Å². The van der Waals surface area contributed by atoms with Crippen LogP contribution in [0.2, 0.25) is 0 Å². The average molecular weight is 239 g/mol. The molecule has 0 aromatic heterocycles. The Balaban J connectivity index is 2.36. The van der Waals surface area contributed by atoms with Gasteiger partial charge in [-0.1, -0.05) is 48.0 Å². The summed E-state index contributed by atoms with van der Waals surface area (Å²) in [7, 11) is 0. The standard InChI is InChI=1S/C15H13NO2/c1-12-7-10-15(16(17)18)14(11-12)9-8-13-5-3-2-4-6-13/h2-11H,1H3/b9-8+. The Hall–Kier alpha value is -2.42. The highest BCUT2D eigenvalue weighted by molar-refractivity contribution is 5.74. The van der Waals surface area contributed by atoms with Crippen LogP contribution in [0.5, 0.6) is 0 Å². The zero-order chi connectivity index (χ0) is 13.0. The summed E-state index contributed by atoms with van der Waals surface area (Å²) in [5.74, 6) is 0. The maximum Gasteiger partial charge on any atom is 0.276 e. The van der Waals surface area contributed by atoms with Crippen molar-refractivity contribution in [1.29, 1.82) is 0 Å². The van der Waals surface area contributed by atoms with Crippen LogP contribution in [-0.2, 0) is 0 Å². The van der Waals surface area contributed by atoms with Crippen molar-refractivity contribution in [3.8, 4) is 0 Å². The molecule has 0 heterocycles. The van der Waals surface area contributed by atoms with E-state index in [-0.39, 0.29) is 10.6 Å². The van der Waals surface area contributed by atoms with Crippen LogP contribution in [0.1, 0.15) is 16.7 Å². The van der Waals surface area contributed by atoms with E-state index in [1.54, 1.807) is 18.2 Å². The summed E-state index contributed by atoms with van der Waals surface area (Å²) in [4.78, 5) is 10.6. The zero-order valence-electron chi connectivity index (χ0n) is 10.0. The van der Waals surface area contributed by atoms with Crippen LogP contribution >= 0.6 is 0 Å². The first-order chi connectivity index (χ1) is 8.66. The van der Waals surface area contributed by atoms with Gasteiger partial charge >= 0.3 is 0 Å². The maximum absolute atomic E-state index is 10.9. The van der Waals surface area contributed by atoms with Crippen LogP contribution in [0.25, 0.3) is 12.2 Å². The van der Waals surface area contributed by atoms with E-state index in [9.17, 15) is 10.1 Å². The summed E-state index contributed by atoms with van der Waals surface area (Å²) >= 11 is 0. The molecule has 2 aromatic rings. The molecule has 2 aromatic carbocycles. The molecular formula is C15H13NO2. The molecule has 0 aliphatic carbocycles. The summed E-state index contributed by atoms with van der Waals surface area (Å²) in [6.45, 7) is 1.92. The molecule has 0 saturated carbocycles. The molecule has 3 nitrogen and oxygen atoms in total. The van der Waals surface area contributed by atoms with Crippen molar-refractivity contribution < 1.29 is 4.92 Å². The summed E-state index contributed by atoms with van der Waals surface area (Å²) in [6.07, 6.45) is 3.66. The molecule has 0 atom stereocenters. The van der Waals surface area contributed by atoms with E-state index in [1.165, 1.54) is 0 Å². The fourth-order valence-electron chi connectivity index (χ4n) is 1.72. The Labute approximate surface area is 106 Å². The SMILES string of the molecule is Cc1ccc([N+](=O)[O-])c(/C=C/c2ccccc2)c1. The van der Waals surface area contributed by atoms with Crippen LogP contribution in [0.15, 0.2) is 48.5 Å². The number of nitrogens with zero attached hydrogens (tertiary/aromatic N) is 1. The minimum absolute atomic E-state index is 0.132. The van der Waals surface area contributed by atoms with Crippen LogP contribution in [-0.4, -0.2) is 4.92 Å². The molecule has 0 fully saturated rings.